The van der Waals surface area contributed by atoms with Gasteiger partial charge < -0.3 is 11.1 Å². The molecule has 20 heavy (non-hydrogen) atoms. The second-order valence-electron chi connectivity index (χ2n) is 6.17. The maximum Gasteiger partial charge on any atom is 0.0424 e. The lowest BCUT2D eigenvalue weighted by molar-refractivity contribution is 0.361. The maximum absolute atomic E-state index is 6.06. The molecule has 1 aliphatic carbocycles. The Labute approximate surface area is 120 Å². The van der Waals surface area contributed by atoms with Gasteiger partial charge in [0.05, 0.1) is 0 Å². The molecule has 1 aliphatic rings. The number of nitrogens with one attached hydrogen (secondary N) is 1. The number of nitrogen functional groups attached to an aromatic ring is 1. The second kappa shape index (κ2) is 5.31. The van der Waals surface area contributed by atoms with Gasteiger partial charge in [-0.2, -0.15) is 0 Å². The van der Waals surface area contributed by atoms with Gasteiger partial charge in [0.2, 0.25) is 0 Å². The summed E-state index contributed by atoms with van der Waals surface area (Å²) < 4.78 is 0. The lowest BCUT2D eigenvalue weighted by Crippen LogP contribution is -2.25. The Hall–Kier alpha value is -1.77. The highest BCUT2D eigenvalue weighted by Gasteiger charge is 2.18. The molecule has 0 saturated heterocycles. The van der Waals surface area contributed by atoms with E-state index in [1.54, 1.807) is 0 Å². The van der Waals surface area contributed by atoms with E-state index in [0.717, 1.165) is 22.7 Å². The van der Waals surface area contributed by atoms with Crippen molar-refractivity contribution in [1.82, 2.24) is 4.98 Å². The topological polar surface area (TPSA) is 50.9 Å². The second-order valence-corrected chi connectivity index (χ2v) is 6.17. The highest BCUT2D eigenvalue weighted by Crippen LogP contribution is 2.31. The molecule has 1 aromatic heterocycles. The molecule has 3 N–H and O–H groups in total. The van der Waals surface area contributed by atoms with Gasteiger partial charge in [-0.25, -0.2) is 0 Å². The van der Waals surface area contributed by atoms with Crippen molar-refractivity contribution < 1.29 is 0 Å². The highest BCUT2D eigenvalue weighted by molar-refractivity contribution is 6.00. The van der Waals surface area contributed by atoms with Crippen LogP contribution in [-0.4, -0.2) is 11.0 Å². The van der Waals surface area contributed by atoms with Gasteiger partial charge in [-0.15, -0.1) is 0 Å². The summed E-state index contributed by atoms with van der Waals surface area (Å²) in [4.78, 5) is 4.36. The van der Waals surface area contributed by atoms with Crippen LogP contribution in [0.1, 0.15) is 38.3 Å². The number of hydrogen-bond acceptors (Lipinski definition) is 3. The van der Waals surface area contributed by atoms with Crippen LogP contribution in [0, 0.1) is 12.8 Å². The van der Waals surface area contributed by atoms with Crippen molar-refractivity contribution in [1.29, 1.82) is 0 Å². The number of pyridine rings is 1. The molecule has 1 saturated carbocycles. The summed E-state index contributed by atoms with van der Waals surface area (Å²) in [6, 6.07) is 6.80. The monoisotopic (exact) mass is 269 g/mol. The molecule has 0 atom stereocenters. The molecule has 0 unspecified atom stereocenters. The van der Waals surface area contributed by atoms with E-state index in [0.29, 0.717) is 6.04 Å². The number of aromatic nitrogens is 1. The lowest BCUT2D eigenvalue weighted by atomic mass is 9.87. The average Bonchev–Trinajstić information content (AvgIpc) is 2.44. The molecular formula is C17H23N3. The van der Waals surface area contributed by atoms with Crippen molar-refractivity contribution in [3.8, 4) is 0 Å². The zero-order chi connectivity index (χ0) is 14.1. The Morgan fingerprint density at radius 1 is 1.15 bits per heavy atom. The standard InChI is InChI=1S/C17H23N3/c1-11-3-5-13(6-4-11)20-17-8-7-16(18)15-10-19-12(2)9-14(15)17/h7-11,13,20H,3-6,18H2,1-2H3. The quantitative estimate of drug-likeness (QED) is 0.806. The first-order valence-corrected chi connectivity index (χ1v) is 7.55. The minimum absolute atomic E-state index is 0.589. The first-order chi connectivity index (χ1) is 9.63. The van der Waals surface area contributed by atoms with Gasteiger partial charge in [0.25, 0.3) is 0 Å². The van der Waals surface area contributed by atoms with E-state index in [9.17, 15) is 0 Å². The van der Waals surface area contributed by atoms with Crippen LogP contribution in [0.15, 0.2) is 24.4 Å². The predicted molar refractivity (Wildman–Crippen MR) is 85.9 cm³/mol. The number of fused-ring (bicyclic) bond motifs is 1. The van der Waals surface area contributed by atoms with Gasteiger partial charge in [0.1, 0.15) is 0 Å². The molecular weight excluding hydrogens is 246 g/mol. The number of nitrogens with two attached hydrogens (primary N) is 1. The Morgan fingerprint density at radius 3 is 2.65 bits per heavy atom. The molecule has 106 valence electrons. The Balaban J connectivity index is 1.91. The third kappa shape index (κ3) is 2.58. The van der Waals surface area contributed by atoms with Crippen LogP contribution in [0.4, 0.5) is 11.4 Å². The largest absolute Gasteiger partial charge is 0.398 e. The summed E-state index contributed by atoms with van der Waals surface area (Å²) in [5.74, 6) is 0.877. The normalized spacial score (nSPS) is 22.9. The first kappa shape index (κ1) is 13.2. The molecule has 3 nitrogen and oxygen atoms in total. The summed E-state index contributed by atoms with van der Waals surface area (Å²) in [5, 5.41) is 5.95. The summed E-state index contributed by atoms with van der Waals surface area (Å²) in [6.45, 7) is 4.37. The van der Waals surface area contributed by atoms with E-state index in [1.165, 1.54) is 36.8 Å². The zero-order valence-electron chi connectivity index (χ0n) is 12.3. The number of aryl methyl sites for hydroxylation is 1. The summed E-state index contributed by atoms with van der Waals surface area (Å²) in [5.41, 5.74) is 9.08. The molecule has 3 rings (SSSR count). The van der Waals surface area contributed by atoms with E-state index in [2.05, 4.69) is 29.4 Å². The molecule has 0 aliphatic heterocycles. The first-order valence-electron chi connectivity index (χ1n) is 7.55. The van der Waals surface area contributed by atoms with Gasteiger partial charge in [0, 0.05) is 40.1 Å². The van der Waals surface area contributed by atoms with Crippen molar-refractivity contribution >= 4 is 22.1 Å². The van der Waals surface area contributed by atoms with Crippen molar-refractivity contribution in [3.63, 3.8) is 0 Å². The fraction of sp³-hybridized carbons (Fsp3) is 0.471. The van der Waals surface area contributed by atoms with Crippen molar-refractivity contribution in [2.24, 2.45) is 5.92 Å². The number of hydrogen-bond donors (Lipinski definition) is 2. The summed E-state index contributed by atoms with van der Waals surface area (Å²) in [6.07, 6.45) is 7.05. The van der Waals surface area contributed by atoms with E-state index in [-0.39, 0.29) is 0 Å². The van der Waals surface area contributed by atoms with Crippen LogP contribution in [0.25, 0.3) is 10.8 Å². The number of rotatable bonds is 2. The highest BCUT2D eigenvalue weighted by atomic mass is 14.9. The van der Waals surface area contributed by atoms with Crippen molar-refractivity contribution in [2.45, 2.75) is 45.6 Å². The Bertz CT molecular complexity index is 613. The molecule has 1 aromatic carbocycles. The van der Waals surface area contributed by atoms with Crippen LogP contribution in [0.2, 0.25) is 0 Å². The van der Waals surface area contributed by atoms with Crippen LogP contribution in [-0.2, 0) is 0 Å². The molecule has 0 spiro atoms. The average molecular weight is 269 g/mol. The van der Waals surface area contributed by atoms with Crippen LogP contribution < -0.4 is 11.1 Å². The number of benzene rings is 1. The molecule has 2 aromatic rings. The van der Waals surface area contributed by atoms with E-state index in [1.807, 2.05) is 19.2 Å². The van der Waals surface area contributed by atoms with Crippen molar-refractivity contribution in [2.75, 3.05) is 11.1 Å². The zero-order valence-corrected chi connectivity index (χ0v) is 12.3. The summed E-state index contributed by atoms with van der Waals surface area (Å²) in [7, 11) is 0. The molecule has 3 heteroatoms. The number of anilines is 2. The number of nitrogens with zero attached hydrogens (tertiary/aromatic N) is 1. The van der Waals surface area contributed by atoms with E-state index >= 15 is 0 Å². The minimum Gasteiger partial charge on any atom is -0.398 e. The van der Waals surface area contributed by atoms with Crippen LogP contribution in [0.3, 0.4) is 0 Å². The van der Waals surface area contributed by atoms with Gasteiger partial charge in [-0.3, -0.25) is 4.98 Å². The van der Waals surface area contributed by atoms with Crippen LogP contribution in [0.5, 0.6) is 0 Å². The smallest absolute Gasteiger partial charge is 0.0424 e. The molecule has 0 amide bonds. The fourth-order valence-corrected chi connectivity index (χ4v) is 3.12. The van der Waals surface area contributed by atoms with Gasteiger partial charge in [0.15, 0.2) is 0 Å². The third-order valence-corrected chi connectivity index (χ3v) is 4.45. The van der Waals surface area contributed by atoms with Crippen molar-refractivity contribution in [3.05, 3.63) is 30.1 Å². The van der Waals surface area contributed by atoms with Gasteiger partial charge >= 0.3 is 0 Å². The van der Waals surface area contributed by atoms with Gasteiger partial charge in [-0.05, 0) is 56.7 Å². The Morgan fingerprint density at radius 2 is 1.90 bits per heavy atom. The molecule has 1 heterocycles. The van der Waals surface area contributed by atoms with Crippen LogP contribution >= 0.6 is 0 Å². The lowest BCUT2D eigenvalue weighted by Gasteiger charge is -2.28. The Kier molecular flexibility index (Phi) is 3.51. The molecule has 0 radical (unpaired) electrons. The SMILES string of the molecule is Cc1cc2c(NC3CCC(C)CC3)ccc(N)c2cn1. The maximum atomic E-state index is 6.06. The van der Waals surface area contributed by atoms with E-state index < -0.39 is 0 Å². The minimum atomic E-state index is 0.589. The third-order valence-electron chi connectivity index (χ3n) is 4.45. The molecule has 0 bridgehead atoms. The van der Waals surface area contributed by atoms with Gasteiger partial charge in [-0.1, -0.05) is 6.92 Å². The fourth-order valence-electron chi connectivity index (χ4n) is 3.12. The van der Waals surface area contributed by atoms with E-state index in [4.69, 9.17) is 5.73 Å². The summed E-state index contributed by atoms with van der Waals surface area (Å²) >= 11 is 0. The predicted octanol–water partition coefficient (Wildman–Crippen LogP) is 4.12. The molecule has 1 fully saturated rings.